The van der Waals surface area contributed by atoms with Crippen LogP contribution in [0.5, 0.6) is 0 Å². The third-order valence-corrected chi connectivity index (χ3v) is 3.29. The topological polar surface area (TPSA) is 55.4 Å². The lowest BCUT2D eigenvalue weighted by molar-refractivity contribution is -0.139. The van der Waals surface area contributed by atoms with Crippen molar-refractivity contribution in [2.24, 2.45) is 0 Å². The number of aryl methyl sites for hydroxylation is 1. The van der Waals surface area contributed by atoms with Gasteiger partial charge in [-0.1, -0.05) is 28.7 Å². The van der Waals surface area contributed by atoms with E-state index < -0.39 is 21.6 Å². The molecule has 0 spiro atoms. The predicted molar refractivity (Wildman–Crippen MR) is 73.3 cm³/mol. The number of ether oxygens (including phenoxy) is 1. The lowest BCUT2D eigenvalue weighted by Crippen LogP contribution is -2.34. The smallest absolute Gasteiger partial charge is 0.320 e. The molecule has 1 atom stereocenters. The van der Waals surface area contributed by atoms with Crippen LogP contribution in [-0.4, -0.2) is 29.5 Å². The van der Waals surface area contributed by atoms with Gasteiger partial charge in [0.05, 0.1) is 7.11 Å². The minimum atomic E-state index is -0.468. The van der Waals surface area contributed by atoms with E-state index in [4.69, 9.17) is 0 Å². The Morgan fingerprint density at radius 3 is 2.78 bits per heavy atom. The average molecular weight is 365 g/mol. The molecule has 0 aliphatic rings. The van der Waals surface area contributed by atoms with Crippen LogP contribution < -0.4 is 5.32 Å². The van der Waals surface area contributed by atoms with Crippen LogP contribution in [0.3, 0.4) is 0 Å². The quantitative estimate of drug-likeness (QED) is 0.503. The summed E-state index contributed by atoms with van der Waals surface area (Å²) < 4.78 is 17.1. The molecule has 0 radical (unpaired) electrons. The Hall–Kier alpha value is -1.18. The number of hydrogen-bond donors (Lipinski definition) is 1. The molecule has 0 saturated carbocycles. The van der Waals surface area contributed by atoms with Crippen LogP contribution in [0, 0.1) is 12.7 Å². The average Bonchev–Trinajstić information content (AvgIpc) is 2.37. The first-order chi connectivity index (χ1) is 8.45. The van der Waals surface area contributed by atoms with Gasteiger partial charge in [-0.15, -0.1) is 0 Å². The fraction of sp³-hybridized carbons (Fsp3) is 0.333. The summed E-state index contributed by atoms with van der Waals surface area (Å²) in [5.74, 6) is -1.28. The van der Waals surface area contributed by atoms with Gasteiger partial charge in [-0.3, -0.25) is 9.59 Å². The van der Waals surface area contributed by atoms with Crippen molar-refractivity contribution < 1.29 is 18.7 Å². The van der Waals surface area contributed by atoms with Gasteiger partial charge in [0.1, 0.15) is 9.74 Å². The van der Waals surface area contributed by atoms with E-state index in [0.29, 0.717) is 5.56 Å². The van der Waals surface area contributed by atoms with Crippen LogP contribution in [-0.2, 0) is 9.53 Å². The fourth-order valence-electron chi connectivity index (χ4n) is 1.33. The maximum atomic E-state index is 13.0. The number of hydrogen-bond acceptors (Lipinski definition) is 3. The van der Waals surface area contributed by atoms with E-state index >= 15 is 0 Å². The standard InChI is InChI=1S/C12H13FINO3/c1-7-3-4-8(13)5-9(7)11(16)15-6-10(14)12(17)18-2/h3-5,10H,6H2,1-2H3,(H,15,16). The van der Waals surface area contributed by atoms with Crippen LogP contribution in [0.15, 0.2) is 18.2 Å². The minimum absolute atomic E-state index is 0.141. The third-order valence-electron chi connectivity index (χ3n) is 2.34. The number of carbonyl (C=O) groups excluding carboxylic acids is 2. The normalized spacial score (nSPS) is 11.8. The molecule has 1 aromatic carbocycles. The Labute approximate surface area is 118 Å². The summed E-state index contributed by atoms with van der Waals surface area (Å²) in [5, 5.41) is 2.57. The van der Waals surface area contributed by atoms with Crippen molar-refractivity contribution >= 4 is 34.5 Å². The molecule has 98 valence electrons. The monoisotopic (exact) mass is 365 g/mol. The molecule has 6 heteroatoms. The highest BCUT2D eigenvalue weighted by Crippen LogP contribution is 2.10. The second kappa shape index (κ2) is 6.67. The van der Waals surface area contributed by atoms with E-state index in [1.807, 2.05) is 22.6 Å². The van der Waals surface area contributed by atoms with Crippen molar-refractivity contribution in [3.63, 3.8) is 0 Å². The molecule has 18 heavy (non-hydrogen) atoms. The van der Waals surface area contributed by atoms with Gasteiger partial charge < -0.3 is 10.1 Å². The van der Waals surface area contributed by atoms with Gasteiger partial charge in [-0.2, -0.15) is 0 Å². The first-order valence-corrected chi connectivity index (χ1v) is 6.46. The van der Waals surface area contributed by atoms with E-state index in [-0.39, 0.29) is 12.1 Å². The molecular weight excluding hydrogens is 352 g/mol. The summed E-state index contributed by atoms with van der Waals surface area (Å²) in [6.45, 7) is 1.86. The Bertz CT molecular complexity index is 465. The van der Waals surface area contributed by atoms with Crippen molar-refractivity contribution in [1.82, 2.24) is 5.32 Å². The molecule has 0 aliphatic heterocycles. The number of benzene rings is 1. The Balaban J connectivity index is 2.66. The number of carbonyl (C=O) groups is 2. The SMILES string of the molecule is COC(=O)C(I)CNC(=O)c1cc(F)ccc1C. The number of halogens is 2. The minimum Gasteiger partial charge on any atom is -0.468 e. The number of alkyl halides is 1. The van der Waals surface area contributed by atoms with Crippen molar-refractivity contribution in [3.05, 3.63) is 35.1 Å². The Morgan fingerprint density at radius 1 is 1.50 bits per heavy atom. The number of amides is 1. The highest BCUT2D eigenvalue weighted by Gasteiger charge is 2.17. The molecule has 1 aromatic rings. The first-order valence-electron chi connectivity index (χ1n) is 5.22. The molecule has 0 bridgehead atoms. The third kappa shape index (κ3) is 3.94. The molecule has 0 heterocycles. The number of nitrogens with one attached hydrogen (secondary N) is 1. The molecule has 1 rings (SSSR count). The van der Waals surface area contributed by atoms with Crippen molar-refractivity contribution in [2.45, 2.75) is 10.8 Å². The van der Waals surface area contributed by atoms with Gasteiger partial charge in [0.25, 0.3) is 5.91 Å². The molecule has 1 N–H and O–H groups in total. The number of esters is 1. The van der Waals surface area contributed by atoms with Gasteiger partial charge in [0, 0.05) is 12.1 Å². The van der Waals surface area contributed by atoms with Crippen LogP contribution >= 0.6 is 22.6 Å². The molecule has 1 unspecified atom stereocenters. The van der Waals surface area contributed by atoms with Crippen LogP contribution in [0.4, 0.5) is 4.39 Å². The summed E-state index contributed by atoms with van der Waals surface area (Å²) in [6.07, 6.45) is 0. The van der Waals surface area contributed by atoms with Gasteiger partial charge in [0.15, 0.2) is 0 Å². The second-order valence-corrected chi connectivity index (χ2v) is 5.16. The zero-order valence-electron chi connectivity index (χ0n) is 10.00. The van der Waals surface area contributed by atoms with Crippen LogP contribution in [0.2, 0.25) is 0 Å². The molecular formula is C12H13FINO3. The molecule has 0 fully saturated rings. The predicted octanol–water partition coefficient (Wildman–Crippen LogP) is 1.84. The molecule has 1 amide bonds. The van der Waals surface area contributed by atoms with Gasteiger partial charge in [-0.25, -0.2) is 4.39 Å². The Morgan fingerprint density at radius 2 is 2.17 bits per heavy atom. The summed E-state index contributed by atoms with van der Waals surface area (Å²) in [4.78, 5) is 22.9. The summed E-state index contributed by atoms with van der Waals surface area (Å²) in [5.41, 5.74) is 0.945. The van der Waals surface area contributed by atoms with E-state index in [0.717, 1.165) is 0 Å². The number of methoxy groups -OCH3 is 1. The summed E-state index contributed by atoms with van der Waals surface area (Å²) in [7, 11) is 1.28. The molecule has 0 aromatic heterocycles. The van der Waals surface area contributed by atoms with Gasteiger partial charge in [-0.05, 0) is 24.6 Å². The first kappa shape index (κ1) is 14.9. The van der Waals surface area contributed by atoms with E-state index in [2.05, 4.69) is 10.1 Å². The molecule has 4 nitrogen and oxygen atoms in total. The Kier molecular flexibility index (Phi) is 5.52. The summed E-state index contributed by atoms with van der Waals surface area (Å²) >= 11 is 1.87. The largest absolute Gasteiger partial charge is 0.468 e. The second-order valence-electron chi connectivity index (χ2n) is 3.66. The lowest BCUT2D eigenvalue weighted by Gasteiger charge is -2.10. The summed E-state index contributed by atoms with van der Waals surface area (Å²) in [6, 6.07) is 4.00. The highest BCUT2D eigenvalue weighted by atomic mass is 127. The van der Waals surface area contributed by atoms with E-state index in [1.165, 1.54) is 25.3 Å². The zero-order chi connectivity index (χ0) is 13.7. The van der Waals surface area contributed by atoms with Crippen LogP contribution in [0.25, 0.3) is 0 Å². The highest BCUT2D eigenvalue weighted by molar-refractivity contribution is 14.1. The van der Waals surface area contributed by atoms with Gasteiger partial charge >= 0.3 is 5.97 Å². The van der Waals surface area contributed by atoms with Gasteiger partial charge in [0.2, 0.25) is 0 Å². The van der Waals surface area contributed by atoms with Crippen LogP contribution in [0.1, 0.15) is 15.9 Å². The fourth-order valence-corrected chi connectivity index (χ4v) is 1.80. The van der Waals surface area contributed by atoms with E-state index in [1.54, 1.807) is 6.92 Å². The maximum Gasteiger partial charge on any atom is 0.320 e. The van der Waals surface area contributed by atoms with Crippen molar-refractivity contribution in [2.75, 3.05) is 13.7 Å². The zero-order valence-corrected chi connectivity index (χ0v) is 12.2. The molecule has 0 saturated heterocycles. The van der Waals surface area contributed by atoms with Crippen molar-refractivity contribution in [3.8, 4) is 0 Å². The van der Waals surface area contributed by atoms with Crippen molar-refractivity contribution in [1.29, 1.82) is 0 Å². The maximum absolute atomic E-state index is 13.0. The number of rotatable bonds is 4. The van der Waals surface area contributed by atoms with E-state index in [9.17, 15) is 14.0 Å². The lowest BCUT2D eigenvalue weighted by atomic mass is 10.1. The molecule has 0 aliphatic carbocycles.